The van der Waals surface area contributed by atoms with Gasteiger partial charge in [0.15, 0.2) is 11.6 Å². The number of amides is 1. The van der Waals surface area contributed by atoms with Gasteiger partial charge in [-0.2, -0.15) is 0 Å². The van der Waals surface area contributed by atoms with E-state index in [1.807, 2.05) is 30.2 Å². The molecule has 9 nitrogen and oxygen atoms in total. The minimum Gasteiger partial charge on any atom is -0.337 e. The molecule has 0 aliphatic carbocycles. The van der Waals surface area contributed by atoms with Gasteiger partial charge in [0.2, 0.25) is 5.95 Å². The molecule has 1 aliphatic heterocycles. The highest BCUT2D eigenvalue weighted by Crippen LogP contribution is 2.30. The van der Waals surface area contributed by atoms with Crippen LogP contribution >= 0.6 is 0 Å². The average Bonchev–Trinajstić information content (AvgIpc) is 3.08. The molecule has 204 valence electrons. The van der Waals surface area contributed by atoms with Crippen LogP contribution in [0.4, 0.5) is 20.5 Å². The van der Waals surface area contributed by atoms with Crippen LogP contribution in [-0.4, -0.2) is 61.0 Å². The molecule has 0 spiro atoms. The molecule has 4 heterocycles. The number of nitrogens with one attached hydrogen (secondary N) is 2. The van der Waals surface area contributed by atoms with E-state index in [0.29, 0.717) is 47.5 Å². The Morgan fingerprint density at radius 1 is 1.10 bits per heavy atom. The van der Waals surface area contributed by atoms with E-state index >= 15 is 0 Å². The van der Waals surface area contributed by atoms with E-state index in [1.165, 1.54) is 6.07 Å². The van der Waals surface area contributed by atoms with Crippen LogP contribution in [0.15, 0.2) is 30.5 Å². The molecule has 1 aromatic carbocycles. The van der Waals surface area contributed by atoms with Crippen LogP contribution in [0.3, 0.4) is 0 Å². The first-order valence-corrected chi connectivity index (χ1v) is 13.1. The van der Waals surface area contributed by atoms with Crippen LogP contribution in [0.5, 0.6) is 0 Å². The number of fused-ring (bicyclic) bond motifs is 1. The zero-order valence-corrected chi connectivity index (χ0v) is 22.7. The Morgan fingerprint density at radius 3 is 2.64 bits per heavy atom. The highest BCUT2D eigenvalue weighted by molar-refractivity contribution is 5.95. The minimum absolute atomic E-state index is 0.0425. The maximum absolute atomic E-state index is 15.0. The van der Waals surface area contributed by atoms with Crippen LogP contribution in [0.2, 0.25) is 0 Å². The third-order valence-corrected chi connectivity index (χ3v) is 7.01. The molecule has 0 radical (unpaired) electrons. The Balaban J connectivity index is 1.41. The quantitative estimate of drug-likeness (QED) is 0.374. The molecule has 1 unspecified atom stereocenters. The summed E-state index contributed by atoms with van der Waals surface area (Å²) >= 11 is 0. The molecule has 5 rings (SSSR count). The van der Waals surface area contributed by atoms with E-state index < -0.39 is 11.6 Å². The lowest BCUT2D eigenvalue weighted by molar-refractivity contribution is 0.0764. The first-order chi connectivity index (χ1) is 18.6. The Morgan fingerprint density at radius 2 is 1.90 bits per heavy atom. The van der Waals surface area contributed by atoms with Crippen LogP contribution < -0.4 is 10.6 Å². The molecule has 1 amide bonds. The number of rotatable bonds is 5. The van der Waals surface area contributed by atoms with Gasteiger partial charge in [-0.1, -0.05) is 0 Å². The van der Waals surface area contributed by atoms with Gasteiger partial charge < -0.3 is 20.1 Å². The summed E-state index contributed by atoms with van der Waals surface area (Å²) in [6.45, 7) is 11.7. The summed E-state index contributed by atoms with van der Waals surface area (Å²) in [7, 11) is 0. The average molecular weight is 535 g/mol. The van der Waals surface area contributed by atoms with Gasteiger partial charge in [0.1, 0.15) is 22.9 Å². The fraction of sp³-hybridized carbons (Fsp3) is 0.393. The number of imidazole rings is 1. The number of hydrogen-bond acceptors (Lipinski definition) is 7. The van der Waals surface area contributed by atoms with Crippen molar-refractivity contribution >= 4 is 28.7 Å². The molecule has 1 aliphatic rings. The number of hydrogen-bond donors (Lipinski definition) is 2. The Hall–Kier alpha value is -3.99. The zero-order valence-electron chi connectivity index (χ0n) is 22.7. The van der Waals surface area contributed by atoms with Crippen molar-refractivity contribution < 1.29 is 13.6 Å². The number of aromatic nitrogens is 5. The largest absolute Gasteiger partial charge is 0.337 e. The van der Waals surface area contributed by atoms with Crippen molar-refractivity contribution in [1.29, 1.82) is 0 Å². The molecule has 2 N–H and O–H groups in total. The Kier molecular flexibility index (Phi) is 7.26. The van der Waals surface area contributed by atoms with Gasteiger partial charge in [0.05, 0.1) is 23.0 Å². The fourth-order valence-corrected chi connectivity index (χ4v) is 5.04. The Labute approximate surface area is 225 Å². The predicted octanol–water partition coefficient (Wildman–Crippen LogP) is 4.93. The van der Waals surface area contributed by atoms with E-state index in [4.69, 9.17) is 0 Å². The Bertz CT molecular complexity index is 1550. The number of carbonyl (C=O) groups excluding carboxylic acids is 1. The lowest BCUT2D eigenvalue weighted by atomic mass is 10.1. The lowest BCUT2D eigenvalue weighted by Crippen LogP contribution is -2.34. The van der Waals surface area contributed by atoms with Crippen molar-refractivity contribution in [2.24, 2.45) is 0 Å². The topological polar surface area (TPSA) is 101 Å². The summed E-state index contributed by atoms with van der Waals surface area (Å²) in [6.07, 6.45) is 1.93. The molecule has 3 aromatic heterocycles. The summed E-state index contributed by atoms with van der Waals surface area (Å²) in [4.78, 5) is 32.2. The fourth-order valence-electron chi connectivity index (χ4n) is 5.04. The first kappa shape index (κ1) is 26.6. The van der Waals surface area contributed by atoms with E-state index in [-0.39, 0.29) is 34.7 Å². The van der Waals surface area contributed by atoms with Crippen molar-refractivity contribution in [3.8, 4) is 11.3 Å². The van der Waals surface area contributed by atoms with Gasteiger partial charge in [-0.25, -0.2) is 28.7 Å². The second-order valence-electron chi connectivity index (χ2n) is 10.2. The number of benzene rings is 1. The van der Waals surface area contributed by atoms with Gasteiger partial charge in [-0.15, -0.1) is 0 Å². The molecule has 1 atom stereocenters. The third kappa shape index (κ3) is 5.31. The number of anilines is 2. The molecule has 0 saturated carbocycles. The van der Waals surface area contributed by atoms with Gasteiger partial charge in [-0.3, -0.25) is 4.79 Å². The number of pyridine rings is 1. The number of aryl methyl sites for hydroxylation is 2. The van der Waals surface area contributed by atoms with E-state index in [1.54, 1.807) is 25.1 Å². The standard InChI is InChI=1S/C28H32F2N8O/c1-15(2)38-18(5)34-26-21(29)12-19(13-23(26)38)25-22(30)14-32-28(36-25)35-24-7-6-20(17(4)33-24)27(39)37-10-8-16(3)31-9-11-37/h6-7,12-16,31H,8-11H2,1-5H3,(H,32,33,35,36). The molecule has 39 heavy (non-hydrogen) atoms. The second-order valence-corrected chi connectivity index (χ2v) is 10.2. The van der Waals surface area contributed by atoms with Crippen LogP contribution in [0, 0.1) is 25.5 Å². The monoisotopic (exact) mass is 534 g/mol. The molecular formula is C28H32F2N8O. The molecule has 11 heteroatoms. The van der Waals surface area contributed by atoms with Gasteiger partial charge >= 0.3 is 0 Å². The van der Waals surface area contributed by atoms with E-state index in [0.717, 1.165) is 19.2 Å². The normalized spacial score (nSPS) is 16.1. The van der Waals surface area contributed by atoms with Gasteiger partial charge in [-0.05, 0) is 65.3 Å². The van der Waals surface area contributed by atoms with Crippen molar-refractivity contribution in [3.63, 3.8) is 0 Å². The summed E-state index contributed by atoms with van der Waals surface area (Å²) in [6, 6.07) is 6.72. The molecular weight excluding hydrogens is 502 g/mol. The molecule has 0 bridgehead atoms. The molecule has 4 aromatic rings. The van der Waals surface area contributed by atoms with E-state index in [2.05, 4.69) is 37.5 Å². The van der Waals surface area contributed by atoms with Gasteiger partial charge in [0.25, 0.3) is 5.91 Å². The minimum atomic E-state index is -0.682. The smallest absolute Gasteiger partial charge is 0.255 e. The van der Waals surface area contributed by atoms with Crippen molar-refractivity contribution in [2.75, 3.05) is 25.0 Å². The third-order valence-electron chi connectivity index (χ3n) is 7.01. The van der Waals surface area contributed by atoms with Crippen molar-refractivity contribution in [3.05, 3.63) is 59.2 Å². The lowest BCUT2D eigenvalue weighted by Gasteiger charge is -2.21. The van der Waals surface area contributed by atoms with Crippen LogP contribution in [0.1, 0.15) is 55.1 Å². The first-order valence-electron chi connectivity index (χ1n) is 13.1. The summed E-state index contributed by atoms with van der Waals surface area (Å²) in [5.74, 6) is -0.118. The highest BCUT2D eigenvalue weighted by atomic mass is 19.1. The van der Waals surface area contributed by atoms with E-state index in [9.17, 15) is 13.6 Å². The summed E-state index contributed by atoms with van der Waals surface area (Å²) < 4.78 is 31.8. The molecule has 1 fully saturated rings. The second kappa shape index (κ2) is 10.6. The maximum atomic E-state index is 15.0. The number of nitrogens with zero attached hydrogens (tertiary/aromatic N) is 6. The SMILES string of the molecule is Cc1nc(Nc2ncc(F)c(-c3cc(F)c4nc(C)n(C(C)C)c4c3)n2)ccc1C(=O)N1CCNC(C)CC1. The predicted molar refractivity (Wildman–Crippen MR) is 146 cm³/mol. The zero-order chi connectivity index (χ0) is 27.8. The van der Waals surface area contributed by atoms with Crippen LogP contribution in [0.25, 0.3) is 22.3 Å². The molecule has 1 saturated heterocycles. The highest BCUT2D eigenvalue weighted by Gasteiger charge is 2.22. The van der Waals surface area contributed by atoms with Gasteiger partial charge in [0, 0.05) is 37.3 Å². The summed E-state index contributed by atoms with van der Waals surface area (Å²) in [5, 5.41) is 6.37. The number of carbonyl (C=O) groups is 1. The maximum Gasteiger partial charge on any atom is 0.255 e. The van der Waals surface area contributed by atoms with Crippen molar-refractivity contribution in [1.82, 2.24) is 34.7 Å². The number of halogens is 2. The summed E-state index contributed by atoms with van der Waals surface area (Å²) in [5.41, 5.74) is 2.11. The van der Waals surface area contributed by atoms with Crippen LogP contribution in [-0.2, 0) is 0 Å². The van der Waals surface area contributed by atoms with Crippen molar-refractivity contribution in [2.45, 2.75) is 53.1 Å².